The Hall–Kier alpha value is -3.50. The van der Waals surface area contributed by atoms with Crippen LogP contribution < -0.4 is 5.32 Å². The maximum Gasteiger partial charge on any atom is 0.273 e. The molecule has 1 N–H and O–H groups in total. The Kier molecular flexibility index (Phi) is 6.87. The summed E-state index contributed by atoms with van der Waals surface area (Å²) < 4.78 is 15.4. The second-order valence-corrected chi connectivity index (χ2v) is 10.3. The summed E-state index contributed by atoms with van der Waals surface area (Å²) in [6.45, 7) is 3.80. The van der Waals surface area contributed by atoms with Crippen LogP contribution in [-0.4, -0.2) is 61.9 Å². The molecule has 1 aromatic carbocycles. The van der Waals surface area contributed by atoms with Crippen LogP contribution in [0.25, 0.3) is 0 Å². The van der Waals surface area contributed by atoms with Crippen molar-refractivity contribution in [1.82, 2.24) is 29.9 Å². The van der Waals surface area contributed by atoms with Crippen molar-refractivity contribution in [2.75, 3.05) is 13.6 Å². The molecule has 3 aromatic rings. The Morgan fingerprint density at radius 3 is 2.63 bits per heavy atom. The highest BCUT2D eigenvalue weighted by Gasteiger charge is 2.43. The quantitative estimate of drug-likeness (QED) is 0.524. The van der Waals surface area contributed by atoms with Crippen molar-refractivity contribution < 1.29 is 18.8 Å². The highest BCUT2D eigenvalue weighted by Crippen LogP contribution is 2.35. The number of carbonyl (C=O) groups is 3. The Morgan fingerprint density at radius 1 is 1.18 bits per heavy atom. The predicted molar refractivity (Wildman–Crippen MR) is 138 cm³/mol. The Labute approximate surface area is 228 Å². The average molecular weight is 559 g/mol. The van der Waals surface area contributed by atoms with Crippen LogP contribution in [0.15, 0.2) is 36.5 Å². The third-order valence-corrected chi connectivity index (χ3v) is 7.92. The van der Waals surface area contributed by atoms with Crippen LogP contribution in [-0.2, 0) is 17.8 Å². The third kappa shape index (κ3) is 4.41. The number of likely N-dealkylation sites (N-methyl/N-ethyl adjacent to an activating group) is 1. The van der Waals surface area contributed by atoms with Crippen LogP contribution in [0, 0.1) is 5.82 Å². The minimum Gasteiger partial charge on any atom is -0.357 e. The van der Waals surface area contributed by atoms with Crippen molar-refractivity contribution in [3.63, 3.8) is 0 Å². The summed E-state index contributed by atoms with van der Waals surface area (Å²) in [6.07, 6.45) is 1.74. The lowest BCUT2D eigenvalue weighted by molar-refractivity contribution is -0.125. The molecular formula is C26H25Cl2FN6O3. The number of hydrogen-bond donors (Lipinski definition) is 1. The minimum atomic E-state index is -0.802. The van der Waals surface area contributed by atoms with E-state index in [4.69, 9.17) is 23.2 Å². The predicted octanol–water partition coefficient (Wildman–Crippen LogP) is 3.82. The number of carbonyl (C=O) groups excluding carboxylic acids is 3. The minimum absolute atomic E-state index is 0.0346. The molecule has 0 spiro atoms. The van der Waals surface area contributed by atoms with Crippen LogP contribution in [0.5, 0.6) is 0 Å². The molecule has 12 heteroatoms. The van der Waals surface area contributed by atoms with Crippen LogP contribution in [0.2, 0.25) is 10.0 Å². The molecule has 0 fully saturated rings. The van der Waals surface area contributed by atoms with Gasteiger partial charge in [-0.2, -0.15) is 5.10 Å². The number of hydrogen-bond acceptors (Lipinski definition) is 5. The number of fused-ring (bicyclic) bond motifs is 3. The molecule has 38 heavy (non-hydrogen) atoms. The number of halogens is 3. The fraction of sp³-hybridized carbons (Fsp3) is 0.346. The molecule has 9 nitrogen and oxygen atoms in total. The number of benzene rings is 1. The molecule has 198 valence electrons. The van der Waals surface area contributed by atoms with E-state index in [1.54, 1.807) is 24.0 Å². The first-order valence-electron chi connectivity index (χ1n) is 12.1. The lowest BCUT2D eigenvalue weighted by atomic mass is 9.96. The van der Waals surface area contributed by atoms with Gasteiger partial charge in [-0.05, 0) is 44.2 Å². The monoisotopic (exact) mass is 558 g/mol. The van der Waals surface area contributed by atoms with Gasteiger partial charge in [-0.3, -0.25) is 19.4 Å². The van der Waals surface area contributed by atoms with Crippen LogP contribution in [0.1, 0.15) is 63.7 Å². The zero-order chi connectivity index (χ0) is 27.3. The van der Waals surface area contributed by atoms with E-state index >= 15 is 0 Å². The van der Waals surface area contributed by atoms with E-state index < -0.39 is 17.9 Å². The van der Waals surface area contributed by atoms with Gasteiger partial charge < -0.3 is 15.1 Å². The van der Waals surface area contributed by atoms with Crippen LogP contribution in [0.3, 0.4) is 0 Å². The number of amides is 3. The largest absolute Gasteiger partial charge is 0.357 e. The van der Waals surface area contributed by atoms with Gasteiger partial charge in [0.1, 0.15) is 17.6 Å². The summed E-state index contributed by atoms with van der Waals surface area (Å²) in [5, 5.41) is 7.93. The summed E-state index contributed by atoms with van der Waals surface area (Å²) >= 11 is 12.2. The van der Waals surface area contributed by atoms with Gasteiger partial charge in [-0.25, -0.2) is 9.07 Å². The molecule has 0 saturated carbocycles. The van der Waals surface area contributed by atoms with E-state index in [1.165, 1.54) is 41.0 Å². The van der Waals surface area contributed by atoms with Gasteiger partial charge in [0.15, 0.2) is 0 Å². The van der Waals surface area contributed by atoms with Gasteiger partial charge >= 0.3 is 0 Å². The Morgan fingerprint density at radius 2 is 1.95 bits per heavy atom. The number of nitrogens with one attached hydrogen (secondary N) is 1. The molecule has 3 atom stereocenters. The smallest absolute Gasteiger partial charge is 0.273 e. The van der Waals surface area contributed by atoms with Crippen molar-refractivity contribution in [2.45, 2.75) is 44.9 Å². The van der Waals surface area contributed by atoms with Gasteiger partial charge in [-0.15, -0.1) is 0 Å². The van der Waals surface area contributed by atoms with E-state index in [0.29, 0.717) is 34.0 Å². The Balaban J connectivity index is 1.55. The molecule has 3 amide bonds. The van der Waals surface area contributed by atoms with Crippen LogP contribution >= 0.6 is 23.2 Å². The van der Waals surface area contributed by atoms with Crippen LogP contribution in [0.4, 0.5) is 4.39 Å². The number of aromatic nitrogens is 3. The zero-order valence-electron chi connectivity index (χ0n) is 20.9. The van der Waals surface area contributed by atoms with Crippen molar-refractivity contribution >= 4 is 40.9 Å². The van der Waals surface area contributed by atoms with E-state index in [1.807, 2.05) is 6.92 Å². The summed E-state index contributed by atoms with van der Waals surface area (Å²) in [5.74, 6) is -1.42. The van der Waals surface area contributed by atoms with E-state index in [9.17, 15) is 18.8 Å². The van der Waals surface area contributed by atoms with Gasteiger partial charge in [-0.1, -0.05) is 23.2 Å². The lowest BCUT2D eigenvalue weighted by Crippen LogP contribution is -2.49. The average Bonchev–Trinajstić information content (AvgIpc) is 3.27. The van der Waals surface area contributed by atoms with Crippen molar-refractivity contribution in [3.05, 3.63) is 80.6 Å². The van der Waals surface area contributed by atoms with E-state index in [0.717, 1.165) is 0 Å². The molecule has 2 aliphatic rings. The summed E-state index contributed by atoms with van der Waals surface area (Å²) in [6, 6.07) is 5.56. The molecule has 2 aromatic heterocycles. The van der Waals surface area contributed by atoms with Gasteiger partial charge in [0.05, 0.1) is 40.6 Å². The first-order valence-corrected chi connectivity index (χ1v) is 12.9. The highest BCUT2D eigenvalue weighted by atomic mass is 35.5. The molecule has 0 bridgehead atoms. The van der Waals surface area contributed by atoms with E-state index in [2.05, 4.69) is 15.4 Å². The second-order valence-electron chi connectivity index (χ2n) is 9.50. The molecule has 0 unspecified atom stereocenters. The molecule has 5 rings (SSSR count). The maximum atomic E-state index is 13.9. The molecule has 0 aliphatic carbocycles. The van der Waals surface area contributed by atoms with Gasteiger partial charge in [0.25, 0.3) is 11.8 Å². The van der Waals surface area contributed by atoms with Gasteiger partial charge in [0.2, 0.25) is 5.91 Å². The topological polar surface area (TPSA) is 100 Å². The fourth-order valence-corrected chi connectivity index (χ4v) is 5.37. The summed E-state index contributed by atoms with van der Waals surface area (Å²) in [4.78, 5) is 47.7. The number of nitrogens with zero attached hydrogens (tertiary/aromatic N) is 5. The molecule has 4 heterocycles. The SMILES string of the molecule is CNC(=O)[C@@H]1CN([C@@H](C)c2cc(F)ccn2)C(=O)c2c3c(nn21)C[C@@H](C)N(C(=O)c1ccc(Cl)c(Cl)c1)C3. The lowest BCUT2D eigenvalue weighted by Gasteiger charge is -2.37. The van der Waals surface area contributed by atoms with Crippen molar-refractivity contribution in [2.24, 2.45) is 0 Å². The summed E-state index contributed by atoms with van der Waals surface area (Å²) in [5.41, 5.74) is 2.21. The second kappa shape index (κ2) is 9.99. The van der Waals surface area contributed by atoms with Crippen molar-refractivity contribution in [3.8, 4) is 0 Å². The standard InChI is InChI=1S/C26H25Cl2FN6O3/c1-13-8-21-17(11-33(13)25(37)15-4-5-18(27)19(28)9-15)23-26(38)34(12-22(24(36)30-3)35(23)32-21)14(2)20-10-16(29)6-7-31-20/h4-7,9-10,13-14,22H,8,11-12H2,1-3H3,(H,30,36)/t13-,14+,22+/m1/s1. The summed E-state index contributed by atoms with van der Waals surface area (Å²) in [7, 11) is 1.52. The molecular weight excluding hydrogens is 534 g/mol. The zero-order valence-corrected chi connectivity index (χ0v) is 22.4. The highest BCUT2D eigenvalue weighted by molar-refractivity contribution is 6.42. The molecule has 0 radical (unpaired) electrons. The third-order valence-electron chi connectivity index (χ3n) is 7.18. The van der Waals surface area contributed by atoms with Crippen molar-refractivity contribution in [1.29, 1.82) is 0 Å². The molecule has 2 aliphatic heterocycles. The normalized spacial score (nSPS) is 19.6. The molecule has 0 saturated heterocycles. The first kappa shape index (κ1) is 26.1. The van der Waals surface area contributed by atoms with E-state index in [-0.39, 0.29) is 47.6 Å². The first-order chi connectivity index (χ1) is 18.1. The Bertz CT molecular complexity index is 1460. The number of pyridine rings is 1. The maximum absolute atomic E-state index is 13.9. The number of rotatable bonds is 4. The fourth-order valence-electron chi connectivity index (χ4n) is 5.07. The van der Waals surface area contributed by atoms with Gasteiger partial charge in [0, 0.05) is 36.8 Å².